The largest absolute Gasteiger partial charge is 0.396 e. The number of hydrogen-bond acceptors (Lipinski definition) is 4. The van der Waals surface area contributed by atoms with Crippen molar-refractivity contribution in [1.82, 2.24) is 10.6 Å². The number of carbonyl (C=O) groups excluding carboxylic acids is 1. The third-order valence-electron chi connectivity index (χ3n) is 3.27. The number of carbonyl (C=O) groups is 1. The first-order valence-electron chi connectivity index (χ1n) is 5.45. The Morgan fingerprint density at radius 3 is 2.93 bits per heavy atom. The standard InChI is InChI=1S/C10H18N2O2S/c13-4-3-10(1-2-10)6-11-9(14)8-5-15-7-12-8/h8,12-13H,1-7H2,(H,11,14). The molecule has 2 fully saturated rings. The van der Waals surface area contributed by atoms with Crippen molar-refractivity contribution >= 4 is 17.7 Å². The molecule has 0 aromatic carbocycles. The summed E-state index contributed by atoms with van der Waals surface area (Å²) in [5.41, 5.74) is 0.218. The van der Waals surface area contributed by atoms with Gasteiger partial charge in [0.05, 0.1) is 6.04 Å². The van der Waals surface area contributed by atoms with E-state index in [1.54, 1.807) is 11.8 Å². The van der Waals surface area contributed by atoms with Crippen molar-refractivity contribution in [1.29, 1.82) is 0 Å². The van der Waals surface area contributed by atoms with Gasteiger partial charge in [-0.15, -0.1) is 11.8 Å². The molecule has 4 nitrogen and oxygen atoms in total. The zero-order valence-electron chi connectivity index (χ0n) is 8.79. The summed E-state index contributed by atoms with van der Waals surface area (Å²) in [5, 5.41) is 15.0. The van der Waals surface area contributed by atoms with E-state index in [-0.39, 0.29) is 24.0 Å². The quantitative estimate of drug-likeness (QED) is 0.618. The third kappa shape index (κ3) is 2.86. The van der Waals surface area contributed by atoms with Crippen molar-refractivity contribution in [2.24, 2.45) is 5.41 Å². The third-order valence-corrected chi connectivity index (χ3v) is 4.21. The predicted octanol–water partition coefficient (Wildman–Crippen LogP) is -0.0723. The number of aliphatic hydroxyl groups is 1. The molecule has 5 heteroatoms. The molecule has 1 atom stereocenters. The van der Waals surface area contributed by atoms with Crippen LogP contribution in [0.25, 0.3) is 0 Å². The average Bonchev–Trinajstić information content (AvgIpc) is 2.81. The Hall–Kier alpha value is -0.260. The van der Waals surface area contributed by atoms with E-state index in [1.165, 1.54) is 0 Å². The number of aliphatic hydroxyl groups excluding tert-OH is 1. The van der Waals surface area contributed by atoms with Gasteiger partial charge in [-0.05, 0) is 24.7 Å². The smallest absolute Gasteiger partial charge is 0.238 e. The summed E-state index contributed by atoms with van der Waals surface area (Å²) in [5.74, 6) is 1.86. The van der Waals surface area contributed by atoms with Gasteiger partial charge in [0.25, 0.3) is 0 Å². The molecule has 15 heavy (non-hydrogen) atoms. The van der Waals surface area contributed by atoms with Crippen LogP contribution in [0.3, 0.4) is 0 Å². The number of nitrogens with one attached hydrogen (secondary N) is 2. The summed E-state index contributed by atoms with van der Waals surface area (Å²) >= 11 is 1.76. The van der Waals surface area contributed by atoms with Crippen LogP contribution in [-0.4, -0.2) is 41.8 Å². The van der Waals surface area contributed by atoms with Crippen LogP contribution in [0.4, 0.5) is 0 Å². The fourth-order valence-electron chi connectivity index (χ4n) is 1.89. The molecule has 1 aliphatic heterocycles. The Bertz CT molecular complexity index is 238. The summed E-state index contributed by atoms with van der Waals surface area (Å²) in [6, 6.07) is -0.0140. The summed E-state index contributed by atoms with van der Waals surface area (Å²) in [6.45, 7) is 0.961. The predicted molar refractivity (Wildman–Crippen MR) is 60.6 cm³/mol. The first-order valence-corrected chi connectivity index (χ1v) is 6.61. The molecule has 0 spiro atoms. The lowest BCUT2D eigenvalue weighted by Gasteiger charge is -2.16. The zero-order valence-corrected chi connectivity index (χ0v) is 9.61. The molecular formula is C10H18N2O2S. The van der Waals surface area contributed by atoms with E-state index in [4.69, 9.17) is 5.11 Å². The van der Waals surface area contributed by atoms with E-state index in [9.17, 15) is 4.79 Å². The molecule has 0 bridgehead atoms. The van der Waals surface area contributed by atoms with Crippen molar-refractivity contribution in [2.75, 3.05) is 24.8 Å². The molecule has 86 valence electrons. The van der Waals surface area contributed by atoms with E-state index >= 15 is 0 Å². The zero-order chi connectivity index (χ0) is 10.7. The molecule has 3 N–H and O–H groups in total. The van der Waals surface area contributed by atoms with Crippen molar-refractivity contribution in [3.8, 4) is 0 Å². The second kappa shape index (κ2) is 4.72. The van der Waals surface area contributed by atoms with Crippen LogP contribution < -0.4 is 10.6 Å². The van der Waals surface area contributed by atoms with Crippen LogP contribution >= 0.6 is 11.8 Å². The Kier molecular flexibility index (Phi) is 3.53. The Morgan fingerprint density at radius 1 is 1.60 bits per heavy atom. The van der Waals surface area contributed by atoms with E-state index < -0.39 is 0 Å². The van der Waals surface area contributed by atoms with Gasteiger partial charge in [-0.2, -0.15) is 0 Å². The second-order valence-electron chi connectivity index (χ2n) is 4.46. The molecule has 1 unspecified atom stereocenters. The molecule has 1 heterocycles. The number of rotatable bonds is 5. The SMILES string of the molecule is O=C(NCC1(CCO)CC1)C1CSCN1. The molecular weight excluding hydrogens is 212 g/mol. The maximum Gasteiger partial charge on any atom is 0.238 e. The molecule has 2 aliphatic rings. The molecule has 0 aromatic rings. The van der Waals surface area contributed by atoms with E-state index in [0.717, 1.165) is 37.4 Å². The van der Waals surface area contributed by atoms with Gasteiger partial charge in [-0.3, -0.25) is 10.1 Å². The fraction of sp³-hybridized carbons (Fsp3) is 0.900. The van der Waals surface area contributed by atoms with Crippen LogP contribution in [0, 0.1) is 5.41 Å². The first-order chi connectivity index (χ1) is 7.26. The van der Waals surface area contributed by atoms with Gasteiger partial charge in [-0.1, -0.05) is 0 Å². The van der Waals surface area contributed by atoms with E-state index in [1.807, 2.05) is 0 Å². The van der Waals surface area contributed by atoms with Gasteiger partial charge in [0.15, 0.2) is 0 Å². The number of hydrogen-bond donors (Lipinski definition) is 3. The molecule has 2 rings (SSSR count). The summed E-state index contributed by atoms with van der Waals surface area (Å²) in [6.07, 6.45) is 3.10. The monoisotopic (exact) mass is 230 g/mol. The minimum absolute atomic E-state index is 0.0140. The van der Waals surface area contributed by atoms with Gasteiger partial charge in [-0.25, -0.2) is 0 Å². The summed E-state index contributed by atoms with van der Waals surface area (Å²) in [4.78, 5) is 11.7. The van der Waals surface area contributed by atoms with Gasteiger partial charge in [0, 0.05) is 24.8 Å². The molecule has 0 aromatic heterocycles. The fourth-order valence-corrected chi connectivity index (χ4v) is 2.83. The Morgan fingerprint density at radius 2 is 2.40 bits per heavy atom. The van der Waals surface area contributed by atoms with Crippen LogP contribution in [0.15, 0.2) is 0 Å². The van der Waals surface area contributed by atoms with Gasteiger partial charge < -0.3 is 10.4 Å². The van der Waals surface area contributed by atoms with Crippen LogP contribution in [0.1, 0.15) is 19.3 Å². The van der Waals surface area contributed by atoms with Gasteiger partial charge in [0.1, 0.15) is 0 Å². The van der Waals surface area contributed by atoms with Crippen LogP contribution in [-0.2, 0) is 4.79 Å². The first kappa shape index (κ1) is 11.2. The molecule has 0 radical (unpaired) electrons. The van der Waals surface area contributed by atoms with Crippen molar-refractivity contribution in [3.63, 3.8) is 0 Å². The van der Waals surface area contributed by atoms with E-state index in [2.05, 4.69) is 10.6 Å². The molecule has 1 saturated carbocycles. The highest BCUT2D eigenvalue weighted by atomic mass is 32.2. The highest BCUT2D eigenvalue weighted by molar-refractivity contribution is 7.99. The van der Waals surface area contributed by atoms with Crippen LogP contribution in [0.5, 0.6) is 0 Å². The minimum atomic E-state index is -0.0140. The van der Waals surface area contributed by atoms with Gasteiger partial charge >= 0.3 is 0 Å². The maximum atomic E-state index is 11.7. The maximum absolute atomic E-state index is 11.7. The highest BCUT2D eigenvalue weighted by Gasteiger charge is 2.42. The second-order valence-corrected chi connectivity index (χ2v) is 5.49. The average molecular weight is 230 g/mol. The lowest BCUT2D eigenvalue weighted by atomic mass is 10.0. The lowest BCUT2D eigenvalue weighted by molar-refractivity contribution is -0.122. The number of thioether (sulfide) groups is 1. The minimum Gasteiger partial charge on any atom is -0.396 e. The molecule has 1 saturated heterocycles. The topological polar surface area (TPSA) is 61.4 Å². The summed E-state index contributed by atoms with van der Waals surface area (Å²) in [7, 11) is 0. The normalized spacial score (nSPS) is 27.7. The van der Waals surface area contributed by atoms with E-state index in [0.29, 0.717) is 0 Å². The molecule has 1 aliphatic carbocycles. The van der Waals surface area contributed by atoms with Crippen LogP contribution in [0.2, 0.25) is 0 Å². The lowest BCUT2D eigenvalue weighted by Crippen LogP contribution is -2.44. The summed E-state index contributed by atoms with van der Waals surface area (Å²) < 4.78 is 0. The Balaban J connectivity index is 1.70. The van der Waals surface area contributed by atoms with Crippen molar-refractivity contribution in [2.45, 2.75) is 25.3 Å². The Labute approximate surface area is 94.2 Å². The van der Waals surface area contributed by atoms with Crippen molar-refractivity contribution in [3.05, 3.63) is 0 Å². The van der Waals surface area contributed by atoms with Gasteiger partial charge in [0.2, 0.25) is 5.91 Å². The number of amides is 1. The molecule has 1 amide bonds. The highest BCUT2D eigenvalue weighted by Crippen LogP contribution is 2.47. The van der Waals surface area contributed by atoms with Crippen molar-refractivity contribution < 1.29 is 9.90 Å².